The van der Waals surface area contributed by atoms with E-state index in [0.717, 1.165) is 18.7 Å². The lowest BCUT2D eigenvalue weighted by molar-refractivity contribution is -0.120. The molecule has 0 spiro atoms. The molecule has 0 radical (unpaired) electrons. The van der Waals surface area contributed by atoms with Gasteiger partial charge >= 0.3 is 0 Å². The molecule has 0 aliphatic carbocycles. The summed E-state index contributed by atoms with van der Waals surface area (Å²) >= 11 is 0. The second-order valence-electron chi connectivity index (χ2n) is 6.02. The first-order valence-corrected chi connectivity index (χ1v) is 8.70. The van der Waals surface area contributed by atoms with Crippen LogP contribution in [0.3, 0.4) is 0 Å². The van der Waals surface area contributed by atoms with Crippen LogP contribution in [0.4, 0.5) is 5.69 Å². The molecule has 0 aliphatic rings. The molecule has 4 heteroatoms. The lowest BCUT2D eigenvalue weighted by Crippen LogP contribution is -2.35. The lowest BCUT2D eigenvalue weighted by Gasteiger charge is -2.25. The Balaban J connectivity index is 1.75. The summed E-state index contributed by atoms with van der Waals surface area (Å²) in [5.74, 6) is 0.0604. The molecule has 0 saturated heterocycles. The molecule has 2 aromatic rings. The predicted octanol–water partition coefficient (Wildman–Crippen LogP) is 3.44. The topological polar surface area (TPSA) is 56.1 Å². The van der Waals surface area contributed by atoms with Crippen LogP contribution in [0.25, 0.3) is 0 Å². The first-order chi connectivity index (χ1) is 12.1. The Morgan fingerprint density at radius 3 is 2.52 bits per heavy atom. The number of carbonyl (C=O) groups excluding carboxylic acids is 1. The summed E-state index contributed by atoms with van der Waals surface area (Å²) < 4.78 is 0. The van der Waals surface area contributed by atoms with Gasteiger partial charge in [-0.2, -0.15) is 5.26 Å². The predicted molar refractivity (Wildman–Crippen MR) is 102 cm³/mol. The molecule has 0 fully saturated rings. The molecule has 1 amide bonds. The van der Waals surface area contributed by atoms with Crippen molar-refractivity contribution in [3.05, 3.63) is 65.2 Å². The Morgan fingerprint density at radius 1 is 1.16 bits per heavy atom. The molecule has 2 rings (SSSR count). The van der Waals surface area contributed by atoms with Crippen molar-refractivity contribution in [1.82, 2.24) is 5.32 Å². The van der Waals surface area contributed by atoms with E-state index >= 15 is 0 Å². The van der Waals surface area contributed by atoms with Crippen LogP contribution >= 0.6 is 0 Å². The SMILES string of the molecule is CCN(CCNC(=O)CCc1ccc(C#N)cc1)c1ccccc1C. The Kier molecular flexibility index (Phi) is 7.03. The zero-order valence-corrected chi connectivity index (χ0v) is 15.0. The summed E-state index contributed by atoms with van der Waals surface area (Å²) in [6.07, 6.45) is 1.15. The third kappa shape index (κ3) is 5.65. The van der Waals surface area contributed by atoms with Crippen LogP contribution in [-0.2, 0) is 11.2 Å². The fourth-order valence-corrected chi connectivity index (χ4v) is 2.79. The van der Waals surface area contributed by atoms with Crippen LogP contribution in [0.1, 0.15) is 30.0 Å². The largest absolute Gasteiger partial charge is 0.370 e. The molecule has 1 N–H and O–H groups in total. The van der Waals surface area contributed by atoms with Gasteiger partial charge in [0, 0.05) is 31.7 Å². The maximum absolute atomic E-state index is 12.0. The average Bonchev–Trinajstić information content (AvgIpc) is 2.65. The van der Waals surface area contributed by atoms with Crippen molar-refractivity contribution in [3.63, 3.8) is 0 Å². The van der Waals surface area contributed by atoms with Gasteiger partial charge < -0.3 is 10.2 Å². The second kappa shape index (κ2) is 9.48. The van der Waals surface area contributed by atoms with Crippen LogP contribution in [-0.4, -0.2) is 25.5 Å². The summed E-state index contributed by atoms with van der Waals surface area (Å²) in [6, 6.07) is 17.8. The quantitative estimate of drug-likeness (QED) is 0.804. The van der Waals surface area contributed by atoms with Crippen molar-refractivity contribution < 1.29 is 4.79 Å². The van der Waals surface area contributed by atoms with Crippen LogP contribution in [0, 0.1) is 18.3 Å². The van der Waals surface area contributed by atoms with Gasteiger partial charge in [0.05, 0.1) is 11.6 Å². The minimum Gasteiger partial charge on any atom is -0.370 e. The van der Waals surface area contributed by atoms with Gasteiger partial charge in [0.15, 0.2) is 0 Å². The first-order valence-electron chi connectivity index (χ1n) is 8.70. The molecule has 0 aromatic heterocycles. The molecular weight excluding hydrogens is 310 g/mol. The lowest BCUT2D eigenvalue weighted by atomic mass is 10.1. The van der Waals surface area contributed by atoms with Gasteiger partial charge in [-0.3, -0.25) is 4.79 Å². The number of aryl methyl sites for hydroxylation is 2. The van der Waals surface area contributed by atoms with Crippen LogP contribution in [0.5, 0.6) is 0 Å². The van der Waals surface area contributed by atoms with Crippen LogP contribution in [0.15, 0.2) is 48.5 Å². The van der Waals surface area contributed by atoms with Crippen LogP contribution in [0.2, 0.25) is 0 Å². The summed E-state index contributed by atoms with van der Waals surface area (Å²) in [6.45, 7) is 6.57. The van der Waals surface area contributed by atoms with E-state index in [1.165, 1.54) is 11.3 Å². The smallest absolute Gasteiger partial charge is 0.220 e. The van der Waals surface area contributed by atoms with E-state index in [9.17, 15) is 4.79 Å². The first kappa shape index (κ1) is 18.5. The number of carbonyl (C=O) groups is 1. The summed E-state index contributed by atoms with van der Waals surface area (Å²) in [4.78, 5) is 14.3. The summed E-state index contributed by atoms with van der Waals surface area (Å²) in [5.41, 5.74) is 4.18. The van der Waals surface area contributed by atoms with Gasteiger partial charge in [-0.25, -0.2) is 0 Å². The summed E-state index contributed by atoms with van der Waals surface area (Å²) in [5, 5.41) is 11.8. The normalized spacial score (nSPS) is 10.1. The Bertz CT molecular complexity index is 732. The van der Waals surface area contributed by atoms with Crippen molar-refractivity contribution in [3.8, 4) is 6.07 Å². The second-order valence-corrected chi connectivity index (χ2v) is 6.02. The number of nitrogens with zero attached hydrogens (tertiary/aromatic N) is 2. The molecule has 0 aliphatic heterocycles. The molecule has 0 saturated carbocycles. The summed E-state index contributed by atoms with van der Waals surface area (Å²) in [7, 11) is 0. The molecule has 0 unspecified atom stereocenters. The van der Waals surface area contributed by atoms with E-state index in [0.29, 0.717) is 24.9 Å². The number of anilines is 1. The number of benzene rings is 2. The van der Waals surface area contributed by atoms with Crippen molar-refractivity contribution in [2.45, 2.75) is 26.7 Å². The van der Waals surface area contributed by atoms with Gasteiger partial charge in [0.25, 0.3) is 0 Å². The highest BCUT2D eigenvalue weighted by atomic mass is 16.1. The Hall–Kier alpha value is -2.80. The maximum Gasteiger partial charge on any atom is 0.220 e. The number of nitrogens with one attached hydrogen (secondary N) is 1. The highest BCUT2D eigenvalue weighted by Crippen LogP contribution is 2.18. The van der Waals surface area contributed by atoms with Gasteiger partial charge in [-0.1, -0.05) is 30.3 Å². The van der Waals surface area contributed by atoms with Gasteiger partial charge in [0.1, 0.15) is 0 Å². The number of likely N-dealkylation sites (N-methyl/N-ethyl adjacent to an activating group) is 1. The molecular formula is C21H25N3O. The Labute approximate surface area is 150 Å². The van der Waals surface area contributed by atoms with Crippen LogP contribution < -0.4 is 10.2 Å². The highest BCUT2D eigenvalue weighted by Gasteiger charge is 2.08. The number of hydrogen-bond acceptors (Lipinski definition) is 3. The molecule has 2 aromatic carbocycles. The number of para-hydroxylation sites is 1. The zero-order chi connectivity index (χ0) is 18.1. The van der Waals surface area contributed by atoms with Crippen molar-refractivity contribution in [1.29, 1.82) is 5.26 Å². The third-order valence-corrected chi connectivity index (χ3v) is 4.27. The van der Waals surface area contributed by atoms with Crippen molar-refractivity contribution in [2.24, 2.45) is 0 Å². The maximum atomic E-state index is 12.0. The zero-order valence-electron chi connectivity index (χ0n) is 15.0. The average molecular weight is 335 g/mol. The minimum atomic E-state index is 0.0604. The molecule has 0 atom stereocenters. The number of rotatable bonds is 8. The number of amides is 1. The molecule has 4 nitrogen and oxygen atoms in total. The Morgan fingerprint density at radius 2 is 1.88 bits per heavy atom. The highest BCUT2D eigenvalue weighted by molar-refractivity contribution is 5.76. The fourth-order valence-electron chi connectivity index (χ4n) is 2.79. The fraction of sp³-hybridized carbons (Fsp3) is 0.333. The molecule has 0 heterocycles. The number of nitriles is 1. The number of hydrogen-bond donors (Lipinski definition) is 1. The van der Waals surface area contributed by atoms with E-state index < -0.39 is 0 Å². The third-order valence-electron chi connectivity index (χ3n) is 4.27. The molecule has 0 bridgehead atoms. The van der Waals surface area contributed by atoms with E-state index in [4.69, 9.17) is 5.26 Å². The molecule has 130 valence electrons. The molecule has 25 heavy (non-hydrogen) atoms. The van der Waals surface area contributed by atoms with E-state index in [1.54, 1.807) is 12.1 Å². The van der Waals surface area contributed by atoms with E-state index in [-0.39, 0.29) is 5.91 Å². The van der Waals surface area contributed by atoms with Crippen molar-refractivity contribution in [2.75, 3.05) is 24.5 Å². The van der Waals surface area contributed by atoms with Crippen molar-refractivity contribution >= 4 is 11.6 Å². The van der Waals surface area contributed by atoms with Gasteiger partial charge in [-0.05, 0) is 49.6 Å². The standard InChI is InChI=1S/C21H25N3O/c1-3-24(20-7-5-4-6-17(20)2)15-14-23-21(25)13-12-18-8-10-19(16-22)11-9-18/h4-11H,3,12-15H2,1-2H3,(H,23,25). The van der Waals surface area contributed by atoms with Gasteiger partial charge in [0.2, 0.25) is 5.91 Å². The monoisotopic (exact) mass is 335 g/mol. The van der Waals surface area contributed by atoms with E-state index in [2.05, 4.69) is 42.3 Å². The van der Waals surface area contributed by atoms with E-state index in [1.807, 2.05) is 24.3 Å². The minimum absolute atomic E-state index is 0.0604. The van der Waals surface area contributed by atoms with Gasteiger partial charge in [-0.15, -0.1) is 0 Å².